The molecule has 3 heteroatoms. The lowest BCUT2D eigenvalue weighted by molar-refractivity contribution is 0.414. The standard InChI is InChI=1S/C10H12ClNO/c1-3-12-10(11)8-5-4-6-9(7-8)13-2/h4-7H,3H2,1-2H3/b12-10-. The van der Waals surface area contributed by atoms with Crippen LogP contribution in [-0.2, 0) is 0 Å². The van der Waals surface area contributed by atoms with E-state index in [1.807, 2.05) is 31.2 Å². The Labute approximate surface area is 83.2 Å². The lowest BCUT2D eigenvalue weighted by atomic mass is 10.2. The Morgan fingerprint density at radius 2 is 2.31 bits per heavy atom. The molecule has 0 amide bonds. The summed E-state index contributed by atoms with van der Waals surface area (Å²) in [4.78, 5) is 4.10. The molecule has 13 heavy (non-hydrogen) atoms. The first-order chi connectivity index (χ1) is 6.27. The molecule has 0 radical (unpaired) electrons. The first kappa shape index (κ1) is 10.1. The van der Waals surface area contributed by atoms with Crippen LogP contribution in [0.15, 0.2) is 29.3 Å². The number of methoxy groups -OCH3 is 1. The molecular formula is C10H12ClNO. The number of aliphatic imine (C=N–C) groups is 1. The molecule has 0 fully saturated rings. The molecule has 0 aliphatic carbocycles. The van der Waals surface area contributed by atoms with E-state index in [4.69, 9.17) is 16.3 Å². The van der Waals surface area contributed by atoms with Gasteiger partial charge in [0.15, 0.2) is 0 Å². The zero-order chi connectivity index (χ0) is 9.68. The van der Waals surface area contributed by atoms with Crippen LogP contribution in [-0.4, -0.2) is 18.8 Å². The maximum atomic E-state index is 5.93. The summed E-state index contributed by atoms with van der Waals surface area (Å²) in [5.74, 6) is 0.793. The van der Waals surface area contributed by atoms with Crippen LogP contribution in [0.3, 0.4) is 0 Å². The van der Waals surface area contributed by atoms with Gasteiger partial charge in [0.05, 0.1) is 7.11 Å². The van der Waals surface area contributed by atoms with Gasteiger partial charge in [-0.1, -0.05) is 23.7 Å². The molecule has 0 aliphatic heterocycles. The van der Waals surface area contributed by atoms with Crippen LogP contribution < -0.4 is 4.74 Å². The van der Waals surface area contributed by atoms with Crippen molar-refractivity contribution in [2.45, 2.75) is 6.92 Å². The van der Waals surface area contributed by atoms with Crippen LogP contribution in [0, 0.1) is 0 Å². The van der Waals surface area contributed by atoms with Crippen LogP contribution in [0.4, 0.5) is 0 Å². The Balaban J connectivity index is 2.94. The summed E-state index contributed by atoms with van der Waals surface area (Å²) in [5.41, 5.74) is 0.892. The van der Waals surface area contributed by atoms with Crippen LogP contribution >= 0.6 is 11.6 Å². The van der Waals surface area contributed by atoms with E-state index in [2.05, 4.69) is 4.99 Å². The van der Waals surface area contributed by atoms with Gasteiger partial charge in [-0.05, 0) is 19.1 Å². The smallest absolute Gasteiger partial charge is 0.130 e. The lowest BCUT2D eigenvalue weighted by Gasteiger charge is -2.01. The Hall–Kier alpha value is -1.02. The molecule has 0 aliphatic rings. The molecule has 0 unspecified atom stereocenters. The van der Waals surface area contributed by atoms with Crippen molar-refractivity contribution in [2.75, 3.05) is 13.7 Å². The number of halogens is 1. The van der Waals surface area contributed by atoms with Crippen LogP contribution in [0.25, 0.3) is 0 Å². The van der Waals surface area contributed by atoms with E-state index in [9.17, 15) is 0 Å². The molecule has 1 aromatic rings. The van der Waals surface area contributed by atoms with E-state index in [-0.39, 0.29) is 0 Å². The summed E-state index contributed by atoms with van der Waals surface area (Å²) in [6.07, 6.45) is 0. The molecule has 1 rings (SSSR count). The second-order valence-electron chi connectivity index (χ2n) is 2.50. The maximum absolute atomic E-state index is 5.93. The number of hydrogen-bond donors (Lipinski definition) is 0. The van der Waals surface area contributed by atoms with Gasteiger partial charge in [0.1, 0.15) is 10.9 Å². The normalized spacial score (nSPS) is 11.5. The molecular weight excluding hydrogens is 186 g/mol. The fourth-order valence-electron chi connectivity index (χ4n) is 0.981. The van der Waals surface area contributed by atoms with E-state index < -0.39 is 0 Å². The topological polar surface area (TPSA) is 21.6 Å². The monoisotopic (exact) mass is 197 g/mol. The van der Waals surface area contributed by atoms with Crippen molar-refractivity contribution in [1.29, 1.82) is 0 Å². The Morgan fingerprint density at radius 1 is 1.54 bits per heavy atom. The Morgan fingerprint density at radius 3 is 2.92 bits per heavy atom. The van der Waals surface area contributed by atoms with Crippen LogP contribution in [0.2, 0.25) is 0 Å². The molecule has 0 spiro atoms. The van der Waals surface area contributed by atoms with Gasteiger partial charge in [-0.3, -0.25) is 4.99 Å². The van der Waals surface area contributed by atoms with Gasteiger partial charge < -0.3 is 4.74 Å². The minimum absolute atomic E-state index is 0.529. The maximum Gasteiger partial charge on any atom is 0.130 e. The minimum atomic E-state index is 0.529. The van der Waals surface area contributed by atoms with E-state index in [0.29, 0.717) is 11.7 Å². The first-order valence-corrected chi connectivity index (χ1v) is 4.50. The molecule has 0 heterocycles. The highest BCUT2D eigenvalue weighted by atomic mass is 35.5. The van der Waals surface area contributed by atoms with E-state index in [1.54, 1.807) is 7.11 Å². The third kappa shape index (κ3) is 2.74. The predicted octanol–water partition coefficient (Wildman–Crippen LogP) is 2.70. The zero-order valence-corrected chi connectivity index (χ0v) is 8.51. The first-order valence-electron chi connectivity index (χ1n) is 4.12. The molecule has 0 atom stereocenters. The van der Waals surface area contributed by atoms with Crippen molar-refractivity contribution < 1.29 is 4.74 Å². The predicted molar refractivity (Wildman–Crippen MR) is 55.9 cm³/mol. The van der Waals surface area contributed by atoms with Crippen molar-refractivity contribution in [3.63, 3.8) is 0 Å². The zero-order valence-electron chi connectivity index (χ0n) is 7.75. The Kier molecular flexibility index (Phi) is 3.77. The highest BCUT2D eigenvalue weighted by Crippen LogP contribution is 2.14. The molecule has 0 saturated heterocycles. The van der Waals surface area contributed by atoms with Crippen molar-refractivity contribution in [1.82, 2.24) is 0 Å². The van der Waals surface area contributed by atoms with E-state index in [1.165, 1.54) is 0 Å². The number of hydrogen-bond acceptors (Lipinski definition) is 2. The average molecular weight is 198 g/mol. The molecule has 0 bridgehead atoms. The Bertz CT molecular complexity index is 310. The summed E-state index contributed by atoms with van der Waals surface area (Å²) in [6, 6.07) is 7.53. The van der Waals surface area contributed by atoms with Crippen molar-refractivity contribution in [3.8, 4) is 5.75 Å². The highest BCUT2D eigenvalue weighted by Gasteiger charge is 1.99. The van der Waals surface area contributed by atoms with Gasteiger partial charge in [0.25, 0.3) is 0 Å². The van der Waals surface area contributed by atoms with Gasteiger partial charge in [0, 0.05) is 12.1 Å². The van der Waals surface area contributed by atoms with Crippen LogP contribution in [0.5, 0.6) is 5.75 Å². The van der Waals surface area contributed by atoms with Gasteiger partial charge in [0.2, 0.25) is 0 Å². The number of ether oxygens (including phenoxy) is 1. The molecule has 2 nitrogen and oxygen atoms in total. The van der Waals surface area contributed by atoms with Gasteiger partial charge in [-0.15, -0.1) is 0 Å². The van der Waals surface area contributed by atoms with E-state index >= 15 is 0 Å². The van der Waals surface area contributed by atoms with Crippen molar-refractivity contribution >= 4 is 16.8 Å². The number of benzene rings is 1. The molecule has 70 valence electrons. The lowest BCUT2D eigenvalue weighted by Crippen LogP contribution is -1.93. The highest BCUT2D eigenvalue weighted by molar-refractivity contribution is 6.69. The molecule has 1 aromatic carbocycles. The second kappa shape index (κ2) is 4.87. The SMILES string of the molecule is CC/N=C(\Cl)c1cccc(OC)c1. The van der Waals surface area contributed by atoms with Crippen LogP contribution in [0.1, 0.15) is 12.5 Å². The second-order valence-corrected chi connectivity index (χ2v) is 2.86. The quantitative estimate of drug-likeness (QED) is 0.683. The van der Waals surface area contributed by atoms with Gasteiger partial charge in [-0.25, -0.2) is 0 Å². The minimum Gasteiger partial charge on any atom is -0.497 e. The third-order valence-corrected chi connectivity index (χ3v) is 1.94. The summed E-state index contributed by atoms with van der Waals surface area (Å²) in [5, 5.41) is 0.529. The fraction of sp³-hybridized carbons (Fsp3) is 0.300. The number of nitrogens with zero attached hydrogens (tertiary/aromatic N) is 1. The van der Waals surface area contributed by atoms with Gasteiger partial charge in [-0.2, -0.15) is 0 Å². The van der Waals surface area contributed by atoms with E-state index in [0.717, 1.165) is 11.3 Å². The molecule has 0 saturated carbocycles. The molecule has 0 aromatic heterocycles. The summed E-state index contributed by atoms with van der Waals surface area (Å²) >= 11 is 5.93. The summed E-state index contributed by atoms with van der Waals surface area (Å²) < 4.78 is 5.07. The van der Waals surface area contributed by atoms with Crippen molar-refractivity contribution in [3.05, 3.63) is 29.8 Å². The largest absolute Gasteiger partial charge is 0.497 e. The third-order valence-electron chi connectivity index (χ3n) is 1.60. The summed E-state index contributed by atoms with van der Waals surface area (Å²) in [6.45, 7) is 2.64. The fourth-order valence-corrected chi connectivity index (χ4v) is 1.22. The molecule has 0 N–H and O–H groups in total. The summed E-state index contributed by atoms with van der Waals surface area (Å²) in [7, 11) is 1.63. The van der Waals surface area contributed by atoms with Crippen molar-refractivity contribution in [2.24, 2.45) is 4.99 Å². The number of rotatable bonds is 3. The van der Waals surface area contributed by atoms with Gasteiger partial charge >= 0.3 is 0 Å². The average Bonchev–Trinajstić information content (AvgIpc) is 2.18.